The zero-order chi connectivity index (χ0) is 19.8. The zero-order valence-electron chi connectivity index (χ0n) is 15.4. The number of fused-ring (bicyclic) bond motifs is 1. The standard InChI is InChI=1S/C20H16FN5O2S/c1-29-15-8-4-13(5-9-15)19-22-20(28-24-19)18-16-11-27-17(10-26(16)25-23-18)12-2-6-14(21)7-3-12/h2-9,17H,10-11H2,1H3. The van der Waals surface area contributed by atoms with Crippen molar-refractivity contribution in [1.82, 2.24) is 25.1 Å². The molecule has 0 amide bonds. The first kappa shape index (κ1) is 18.0. The summed E-state index contributed by atoms with van der Waals surface area (Å²) in [6, 6.07) is 14.2. The first-order chi connectivity index (χ1) is 14.2. The molecule has 0 saturated heterocycles. The van der Waals surface area contributed by atoms with Gasteiger partial charge >= 0.3 is 0 Å². The van der Waals surface area contributed by atoms with Gasteiger partial charge in [-0.2, -0.15) is 4.98 Å². The predicted molar refractivity (Wildman–Crippen MR) is 104 cm³/mol. The van der Waals surface area contributed by atoms with Crippen LogP contribution in [0.1, 0.15) is 17.4 Å². The Morgan fingerprint density at radius 3 is 2.66 bits per heavy atom. The van der Waals surface area contributed by atoms with Crippen LogP contribution in [0.15, 0.2) is 57.9 Å². The van der Waals surface area contributed by atoms with Crippen molar-refractivity contribution >= 4 is 11.8 Å². The Morgan fingerprint density at radius 1 is 1.10 bits per heavy atom. The molecule has 0 radical (unpaired) electrons. The molecule has 2 aromatic carbocycles. The molecule has 0 saturated carbocycles. The molecule has 5 rings (SSSR count). The normalized spacial score (nSPS) is 16.0. The Morgan fingerprint density at radius 2 is 1.90 bits per heavy atom. The molecule has 2 aromatic heterocycles. The molecular formula is C20H16FN5O2S. The number of aromatic nitrogens is 5. The molecule has 0 fully saturated rings. The van der Waals surface area contributed by atoms with Gasteiger partial charge in [-0.3, -0.25) is 0 Å². The smallest absolute Gasteiger partial charge is 0.280 e. The van der Waals surface area contributed by atoms with E-state index < -0.39 is 0 Å². The van der Waals surface area contributed by atoms with E-state index in [9.17, 15) is 4.39 Å². The maximum Gasteiger partial charge on any atom is 0.280 e. The van der Waals surface area contributed by atoms with Gasteiger partial charge in [0, 0.05) is 10.5 Å². The quantitative estimate of drug-likeness (QED) is 0.469. The summed E-state index contributed by atoms with van der Waals surface area (Å²) in [4.78, 5) is 5.64. The first-order valence-corrected chi connectivity index (χ1v) is 10.2. The van der Waals surface area contributed by atoms with E-state index >= 15 is 0 Å². The van der Waals surface area contributed by atoms with Crippen molar-refractivity contribution in [3.05, 3.63) is 65.6 Å². The first-order valence-electron chi connectivity index (χ1n) is 8.99. The highest BCUT2D eigenvalue weighted by Gasteiger charge is 2.28. The fraction of sp³-hybridized carbons (Fsp3) is 0.200. The van der Waals surface area contributed by atoms with Crippen LogP contribution in [0.4, 0.5) is 4.39 Å². The summed E-state index contributed by atoms with van der Waals surface area (Å²) in [7, 11) is 0. The summed E-state index contributed by atoms with van der Waals surface area (Å²) >= 11 is 1.67. The summed E-state index contributed by atoms with van der Waals surface area (Å²) in [5.74, 6) is 0.526. The number of rotatable bonds is 4. The molecule has 1 aliphatic rings. The van der Waals surface area contributed by atoms with Crippen molar-refractivity contribution in [2.24, 2.45) is 0 Å². The van der Waals surface area contributed by atoms with Gasteiger partial charge in [-0.25, -0.2) is 9.07 Å². The van der Waals surface area contributed by atoms with E-state index in [-0.39, 0.29) is 11.9 Å². The van der Waals surface area contributed by atoms with E-state index in [1.807, 2.05) is 30.5 Å². The Hall–Kier alpha value is -3.04. The van der Waals surface area contributed by atoms with E-state index in [2.05, 4.69) is 20.5 Å². The van der Waals surface area contributed by atoms with Gasteiger partial charge in [0.15, 0.2) is 5.69 Å². The Balaban J connectivity index is 1.39. The minimum absolute atomic E-state index is 0.217. The van der Waals surface area contributed by atoms with E-state index in [0.717, 1.165) is 21.7 Å². The Bertz CT molecular complexity index is 1140. The van der Waals surface area contributed by atoms with Crippen LogP contribution < -0.4 is 0 Å². The van der Waals surface area contributed by atoms with Gasteiger partial charge < -0.3 is 9.26 Å². The lowest BCUT2D eigenvalue weighted by Gasteiger charge is -2.24. The van der Waals surface area contributed by atoms with Crippen LogP contribution >= 0.6 is 11.8 Å². The Kier molecular flexibility index (Phi) is 4.61. The molecule has 7 nitrogen and oxygen atoms in total. The lowest BCUT2D eigenvalue weighted by molar-refractivity contribution is -0.00120. The summed E-state index contributed by atoms with van der Waals surface area (Å²) < 4.78 is 26.3. The van der Waals surface area contributed by atoms with Crippen molar-refractivity contribution < 1.29 is 13.7 Å². The minimum atomic E-state index is -0.274. The van der Waals surface area contributed by atoms with Gasteiger partial charge in [-0.15, -0.1) is 16.9 Å². The maximum absolute atomic E-state index is 13.2. The summed E-state index contributed by atoms with van der Waals surface area (Å²) in [6.07, 6.45) is 1.81. The topological polar surface area (TPSA) is 78.9 Å². The molecule has 1 aliphatic heterocycles. The second-order valence-corrected chi connectivity index (χ2v) is 7.45. The highest BCUT2D eigenvalue weighted by molar-refractivity contribution is 7.98. The molecule has 146 valence electrons. The summed E-state index contributed by atoms with van der Waals surface area (Å²) in [5, 5.41) is 12.5. The van der Waals surface area contributed by atoms with Gasteiger partial charge in [0.25, 0.3) is 5.89 Å². The maximum atomic E-state index is 13.2. The third-order valence-corrected chi connectivity index (χ3v) is 5.56. The van der Waals surface area contributed by atoms with Gasteiger partial charge in [0.05, 0.1) is 18.8 Å². The van der Waals surface area contributed by atoms with E-state index in [1.165, 1.54) is 12.1 Å². The van der Waals surface area contributed by atoms with E-state index in [4.69, 9.17) is 9.26 Å². The molecule has 0 aliphatic carbocycles. The molecule has 0 bridgehead atoms. The minimum Gasteiger partial charge on any atom is -0.365 e. The molecule has 1 atom stereocenters. The molecule has 0 spiro atoms. The second-order valence-electron chi connectivity index (χ2n) is 6.57. The molecule has 0 N–H and O–H groups in total. The second kappa shape index (κ2) is 7.41. The van der Waals surface area contributed by atoms with Crippen molar-refractivity contribution in [2.45, 2.75) is 24.2 Å². The van der Waals surface area contributed by atoms with Gasteiger partial charge in [-0.05, 0) is 48.2 Å². The highest BCUT2D eigenvalue weighted by Crippen LogP contribution is 2.31. The van der Waals surface area contributed by atoms with Crippen LogP contribution in [-0.2, 0) is 17.9 Å². The average Bonchev–Trinajstić information content (AvgIpc) is 3.41. The molecule has 9 heteroatoms. The number of ether oxygens (including phenoxy) is 1. The lowest BCUT2D eigenvalue weighted by Crippen LogP contribution is -2.22. The molecule has 4 aromatic rings. The number of hydrogen-bond acceptors (Lipinski definition) is 7. The van der Waals surface area contributed by atoms with Gasteiger partial charge in [0.2, 0.25) is 5.82 Å². The largest absolute Gasteiger partial charge is 0.365 e. The van der Waals surface area contributed by atoms with E-state index in [0.29, 0.717) is 30.6 Å². The summed E-state index contributed by atoms with van der Waals surface area (Å²) in [6.45, 7) is 0.773. The molecular weight excluding hydrogens is 393 g/mol. The van der Waals surface area contributed by atoms with Crippen LogP contribution in [0.25, 0.3) is 23.0 Å². The number of halogens is 1. The molecule has 29 heavy (non-hydrogen) atoms. The fourth-order valence-electron chi connectivity index (χ4n) is 3.23. The average molecular weight is 409 g/mol. The highest BCUT2D eigenvalue weighted by atomic mass is 32.2. The molecule has 3 heterocycles. The fourth-order valence-corrected chi connectivity index (χ4v) is 3.64. The van der Waals surface area contributed by atoms with E-state index in [1.54, 1.807) is 28.6 Å². The number of thioether (sulfide) groups is 1. The van der Waals surface area contributed by atoms with Gasteiger partial charge in [0.1, 0.15) is 11.9 Å². The van der Waals surface area contributed by atoms with Crippen LogP contribution in [0, 0.1) is 5.82 Å². The van der Waals surface area contributed by atoms with Crippen molar-refractivity contribution in [2.75, 3.05) is 6.26 Å². The lowest BCUT2D eigenvalue weighted by atomic mass is 10.1. The Labute approximate surface area is 169 Å². The van der Waals surface area contributed by atoms with Crippen molar-refractivity contribution in [3.63, 3.8) is 0 Å². The van der Waals surface area contributed by atoms with Crippen LogP contribution in [0.2, 0.25) is 0 Å². The number of nitrogens with zero attached hydrogens (tertiary/aromatic N) is 5. The zero-order valence-corrected chi connectivity index (χ0v) is 16.3. The van der Waals surface area contributed by atoms with Gasteiger partial charge in [-0.1, -0.05) is 22.5 Å². The molecule has 1 unspecified atom stereocenters. The summed E-state index contributed by atoms with van der Waals surface area (Å²) in [5.41, 5.74) is 3.05. The monoisotopic (exact) mass is 409 g/mol. The van der Waals surface area contributed by atoms with Crippen LogP contribution in [0.3, 0.4) is 0 Å². The third kappa shape index (κ3) is 3.43. The number of benzene rings is 2. The SMILES string of the molecule is CSc1ccc(-c2noc(-c3nnn4c3COC(c3ccc(F)cc3)C4)n2)cc1. The van der Waals surface area contributed by atoms with Crippen LogP contribution in [0.5, 0.6) is 0 Å². The van der Waals surface area contributed by atoms with Crippen molar-refractivity contribution in [3.8, 4) is 23.0 Å². The number of hydrogen-bond donors (Lipinski definition) is 0. The predicted octanol–water partition coefficient (Wildman–Crippen LogP) is 4.13. The van der Waals surface area contributed by atoms with Crippen molar-refractivity contribution in [1.29, 1.82) is 0 Å². The van der Waals surface area contributed by atoms with Crippen LogP contribution in [-0.4, -0.2) is 31.4 Å². The third-order valence-electron chi connectivity index (χ3n) is 4.82.